The molecule has 1 aromatic carbocycles. The van der Waals surface area contributed by atoms with E-state index in [1.807, 2.05) is 13.8 Å². The van der Waals surface area contributed by atoms with Crippen molar-refractivity contribution >= 4 is 5.91 Å². The maximum atomic E-state index is 12.7. The number of nitrogens with zero attached hydrogens (tertiary/aromatic N) is 1. The molecule has 2 rings (SSSR count). The first-order valence-electron chi connectivity index (χ1n) is 6.39. The van der Waals surface area contributed by atoms with Gasteiger partial charge in [-0.15, -0.1) is 0 Å². The van der Waals surface area contributed by atoms with E-state index in [-0.39, 0.29) is 17.8 Å². The molecule has 0 aliphatic carbocycles. The monoisotopic (exact) mass is 287 g/mol. The van der Waals surface area contributed by atoms with Gasteiger partial charge in [-0.05, 0) is 32.0 Å². The fourth-order valence-corrected chi connectivity index (χ4v) is 2.35. The van der Waals surface area contributed by atoms with Crippen LogP contribution in [0, 0.1) is 0 Å². The highest BCUT2D eigenvalue weighted by molar-refractivity contribution is 5.94. The molecule has 0 saturated carbocycles. The molecule has 6 heteroatoms. The molecule has 2 atom stereocenters. The lowest BCUT2D eigenvalue weighted by Crippen LogP contribution is -2.48. The first kappa shape index (κ1) is 14.8. The van der Waals surface area contributed by atoms with Crippen molar-refractivity contribution < 1.29 is 22.7 Å². The van der Waals surface area contributed by atoms with Crippen LogP contribution in [0.5, 0.6) is 0 Å². The molecule has 1 aromatic rings. The van der Waals surface area contributed by atoms with Gasteiger partial charge in [-0.2, -0.15) is 13.2 Å². The van der Waals surface area contributed by atoms with E-state index in [1.165, 1.54) is 17.0 Å². The predicted molar refractivity (Wildman–Crippen MR) is 67.4 cm³/mol. The molecule has 1 heterocycles. The quantitative estimate of drug-likeness (QED) is 0.794. The fraction of sp³-hybridized carbons (Fsp3) is 0.500. The van der Waals surface area contributed by atoms with Crippen LogP contribution in [0.2, 0.25) is 0 Å². The van der Waals surface area contributed by atoms with Crippen molar-refractivity contribution in [1.82, 2.24) is 4.90 Å². The Morgan fingerprint density at radius 3 is 2.40 bits per heavy atom. The lowest BCUT2D eigenvalue weighted by atomic mass is 10.1. The molecule has 0 radical (unpaired) electrons. The highest BCUT2D eigenvalue weighted by Gasteiger charge is 2.32. The second-order valence-corrected chi connectivity index (χ2v) is 5.05. The van der Waals surface area contributed by atoms with Crippen LogP contribution in [0.4, 0.5) is 13.2 Å². The second-order valence-electron chi connectivity index (χ2n) is 5.05. The van der Waals surface area contributed by atoms with Crippen LogP contribution in [0.1, 0.15) is 29.8 Å². The second kappa shape index (κ2) is 5.44. The number of hydrogen-bond acceptors (Lipinski definition) is 2. The van der Waals surface area contributed by atoms with Crippen molar-refractivity contribution in [3.05, 3.63) is 35.4 Å². The molecular formula is C14H16F3NO2. The van der Waals surface area contributed by atoms with Gasteiger partial charge in [0.1, 0.15) is 0 Å². The van der Waals surface area contributed by atoms with Crippen molar-refractivity contribution in [1.29, 1.82) is 0 Å². The number of halogens is 3. The summed E-state index contributed by atoms with van der Waals surface area (Å²) in [4.78, 5) is 13.8. The molecule has 20 heavy (non-hydrogen) atoms. The van der Waals surface area contributed by atoms with E-state index in [2.05, 4.69) is 0 Å². The minimum Gasteiger partial charge on any atom is -0.372 e. The van der Waals surface area contributed by atoms with E-state index in [1.54, 1.807) is 0 Å². The number of carbonyl (C=O) groups is 1. The van der Waals surface area contributed by atoms with E-state index >= 15 is 0 Å². The average molecular weight is 287 g/mol. The Balaban J connectivity index is 2.21. The van der Waals surface area contributed by atoms with Crippen LogP contribution in [-0.4, -0.2) is 36.1 Å². The van der Waals surface area contributed by atoms with Crippen LogP contribution in [0.25, 0.3) is 0 Å². The number of carbonyl (C=O) groups excluding carboxylic acids is 1. The minimum atomic E-state index is -4.44. The Bertz CT molecular complexity index is 491. The standard InChI is InChI=1S/C14H16F3NO2/c1-9-7-18(8-10(2)20-9)13(19)11-4-3-5-12(6-11)14(15,16)17/h3-6,9-10H,7-8H2,1-2H3/t9-,10-/m1/s1. The number of morpholine rings is 1. The van der Waals surface area contributed by atoms with Crippen molar-refractivity contribution in [3.63, 3.8) is 0 Å². The zero-order chi connectivity index (χ0) is 14.9. The third-order valence-corrected chi connectivity index (χ3v) is 3.14. The van der Waals surface area contributed by atoms with Gasteiger partial charge in [-0.25, -0.2) is 0 Å². The number of amides is 1. The molecule has 0 aromatic heterocycles. The molecule has 0 unspecified atom stereocenters. The summed E-state index contributed by atoms with van der Waals surface area (Å²) in [7, 11) is 0. The summed E-state index contributed by atoms with van der Waals surface area (Å²) < 4.78 is 43.5. The van der Waals surface area contributed by atoms with Gasteiger partial charge in [0.2, 0.25) is 0 Å². The van der Waals surface area contributed by atoms with E-state index in [0.29, 0.717) is 13.1 Å². The normalized spacial score (nSPS) is 23.8. The third-order valence-electron chi connectivity index (χ3n) is 3.14. The topological polar surface area (TPSA) is 29.5 Å². The molecular weight excluding hydrogens is 271 g/mol. The molecule has 1 amide bonds. The summed E-state index contributed by atoms with van der Waals surface area (Å²) in [6, 6.07) is 4.51. The molecule has 1 aliphatic heterocycles. The maximum Gasteiger partial charge on any atom is 0.416 e. The smallest absolute Gasteiger partial charge is 0.372 e. The third kappa shape index (κ3) is 3.30. The first-order valence-corrected chi connectivity index (χ1v) is 6.39. The van der Waals surface area contributed by atoms with Gasteiger partial charge in [0, 0.05) is 18.7 Å². The highest BCUT2D eigenvalue weighted by Crippen LogP contribution is 2.30. The predicted octanol–water partition coefficient (Wildman–Crippen LogP) is 2.95. The van der Waals surface area contributed by atoms with Crippen LogP contribution in [-0.2, 0) is 10.9 Å². The van der Waals surface area contributed by atoms with Gasteiger partial charge < -0.3 is 9.64 Å². The molecule has 1 fully saturated rings. The minimum absolute atomic E-state index is 0.0566. The van der Waals surface area contributed by atoms with Crippen molar-refractivity contribution in [2.75, 3.05) is 13.1 Å². The van der Waals surface area contributed by atoms with E-state index in [9.17, 15) is 18.0 Å². The summed E-state index contributed by atoms with van der Waals surface area (Å²) in [6.07, 6.45) is -4.68. The van der Waals surface area contributed by atoms with E-state index < -0.39 is 17.6 Å². The first-order chi connectivity index (χ1) is 9.27. The number of hydrogen-bond donors (Lipinski definition) is 0. The fourth-order valence-electron chi connectivity index (χ4n) is 2.35. The number of benzene rings is 1. The van der Waals surface area contributed by atoms with Crippen molar-refractivity contribution in [2.45, 2.75) is 32.2 Å². The number of rotatable bonds is 1. The van der Waals surface area contributed by atoms with E-state index in [4.69, 9.17) is 4.74 Å². The van der Waals surface area contributed by atoms with Crippen LogP contribution in [0.3, 0.4) is 0 Å². The molecule has 110 valence electrons. The van der Waals surface area contributed by atoms with Crippen LogP contribution in [0.15, 0.2) is 24.3 Å². The molecule has 1 saturated heterocycles. The molecule has 0 spiro atoms. The highest BCUT2D eigenvalue weighted by atomic mass is 19.4. The number of ether oxygens (including phenoxy) is 1. The van der Waals surface area contributed by atoms with Gasteiger partial charge in [0.05, 0.1) is 17.8 Å². The van der Waals surface area contributed by atoms with Crippen LogP contribution >= 0.6 is 0 Å². The molecule has 0 bridgehead atoms. The van der Waals surface area contributed by atoms with Gasteiger partial charge in [0.25, 0.3) is 5.91 Å². The Morgan fingerprint density at radius 2 is 1.85 bits per heavy atom. The number of alkyl halides is 3. The summed E-state index contributed by atoms with van der Waals surface area (Å²) in [5, 5.41) is 0. The molecule has 3 nitrogen and oxygen atoms in total. The van der Waals surface area contributed by atoms with Gasteiger partial charge >= 0.3 is 6.18 Å². The van der Waals surface area contributed by atoms with Gasteiger partial charge in [0.15, 0.2) is 0 Å². The Kier molecular flexibility index (Phi) is 4.04. The summed E-state index contributed by atoms with van der Waals surface area (Å²) in [6.45, 7) is 4.45. The SMILES string of the molecule is C[C@@H]1CN(C(=O)c2cccc(C(F)(F)F)c2)C[C@@H](C)O1. The summed E-state index contributed by atoms with van der Waals surface area (Å²) in [5.41, 5.74) is -0.751. The lowest BCUT2D eigenvalue weighted by Gasteiger charge is -2.35. The average Bonchev–Trinajstić information content (AvgIpc) is 2.36. The van der Waals surface area contributed by atoms with E-state index in [0.717, 1.165) is 12.1 Å². The zero-order valence-corrected chi connectivity index (χ0v) is 11.3. The zero-order valence-electron chi connectivity index (χ0n) is 11.3. The molecule has 1 aliphatic rings. The van der Waals surface area contributed by atoms with Crippen molar-refractivity contribution in [3.8, 4) is 0 Å². The Morgan fingerprint density at radius 1 is 1.25 bits per heavy atom. The van der Waals surface area contributed by atoms with Crippen molar-refractivity contribution in [2.24, 2.45) is 0 Å². The Hall–Kier alpha value is -1.56. The molecule has 0 N–H and O–H groups in total. The Labute approximate surface area is 115 Å². The van der Waals surface area contributed by atoms with Gasteiger partial charge in [-0.3, -0.25) is 4.79 Å². The largest absolute Gasteiger partial charge is 0.416 e. The summed E-state index contributed by atoms with van der Waals surface area (Å²) >= 11 is 0. The lowest BCUT2D eigenvalue weighted by molar-refractivity contribution is -0.137. The summed E-state index contributed by atoms with van der Waals surface area (Å²) in [5.74, 6) is -0.391. The maximum absolute atomic E-state index is 12.7. The van der Waals surface area contributed by atoms with Crippen LogP contribution < -0.4 is 0 Å². The van der Waals surface area contributed by atoms with Gasteiger partial charge in [-0.1, -0.05) is 6.07 Å².